The Balaban J connectivity index is 1.99. The van der Waals surface area contributed by atoms with Gasteiger partial charge < -0.3 is 9.47 Å². The molecule has 3 rings (SSSR count). The van der Waals surface area contributed by atoms with Gasteiger partial charge in [-0.2, -0.15) is 5.26 Å². The number of hydrogen-bond acceptors (Lipinski definition) is 3. The Hall–Kier alpha value is -1.53. The fourth-order valence-electron chi connectivity index (χ4n) is 2.30. The van der Waals surface area contributed by atoms with Gasteiger partial charge in [0.2, 0.25) is 0 Å². The third-order valence-corrected chi connectivity index (χ3v) is 3.21. The van der Waals surface area contributed by atoms with Gasteiger partial charge in [0.05, 0.1) is 11.6 Å². The zero-order valence-corrected chi connectivity index (χ0v) is 9.31. The van der Waals surface area contributed by atoms with Crippen molar-refractivity contribution >= 4 is 0 Å². The minimum atomic E-state index is 0.143. The number of epoxide rings is 1. The molecule has 2 heterocycles. The maximum absolute atomic E-state index is 8.85. The molecule has 0 unspecified atom stereocenters. The summed E-state index contributed by atoms with van der Waals surface area (Å²) in [6.07, 6.45) is 0.469. The van der Waals surface area contributed by atoms with Crippen molar-refractivity contribution in [2.45, 2.75) is 32.2 Å². The molecule has 1 aromatic rings. The molecule has 2 aliphatic heterocycles. The summed E-state index contributed by atoms with van der Waals surface area (Å²) in [6.45, 7) is 4.27. The average molecular weight is 215 g/mol. The van der Waals surface area contributed by atoms with Gasteiger partial charge in [0, 0.05) is 5.56 Å². The number of nitrogens with zero attached hydrogens (tertiary/aromatic N) is 1. The fourth-order valence-corrected chi connectivity index (χ4v) is 2.30. The predicted octanol–water partition coefficient (Wildman–Crippen LogP) is 2.42. The van der Waals surface area contributed by atoms with E-state index in [0.29, 0.717) is 11.5 Å². The van der Waals surface area contributed by atoms with E-state index >= 15 is 0 Å². The van der Waals surface area contributed by atoms with Crippen molar-refractivity contribution in [2.75, 3.05) is 0 Å². The number of ether oxygens (including phenoxy) is 2. The van der Waals surface area contributed by atoms with Gasteiger partial charge >= 0.3 is 0 Å². The van der Waals surface area contributed by atoms with Gasteiger partial charge in [0.1, 0.15) is 24.1 Å². The van der Waals surface area contributed by atoms with Crippen molar-refractivity contribution in [1.29, 1.82) is 5.26 Å². The Morgan fingerprint density at radius 2 is 2.19 bits per heavy atom. The largest absolute Gasteiger partial charge is 0.487 e. The molecular formula is C13H13NO2. The smallest absolute Gasteiger partial charge is 0.130 e. The molecule has 1 saturated heterocycles. The lowest BCUT2D eigenvalue weighted by Crippen LogP contribution is -2.32. The molecule has 16 heavy (non-hydrogen) atoms. The third-order valence-electron chi connectivity index (χ3n) is 3.21. The second-order valence-corrected chi connectivity index (χ2v) is 4.71. The van der Waals surface area contributed by atoms with Crippen LogP contribution in [0.2, 0.25) is 0 Å². The standard InChI is InChI=1S/C13H13NO2/c1-7(2)11-13-12(16-13)9-5-8(6-14)3-4-10(9)15-11/h3-5,7,11-13H,1-2H3/t11-,12+,13-/m1/s1. The van der Waals surface area contributed by atoms with Crippen LogP contribution >= 0.6 is 0 Å². The lowest BCUT2D eigenvalue weighted by atomic mass is 9.95. The Labute approximate surface area is 94.6 Å². The summed E-state index contributed by atoms with van der Waals surface area (Å²) in [5.41, 5.74) is 1.69. The monoisotopic (exact) mass is 215 g/mol. The molecule has 3 atom stereocenters. The van der Waals surface area contributed by atoms with Crippen molar-refractivity contribution in [3.63, 3.8) is 0 Å². The van der Waals surface area contributed by atoms with Crippen molar-refractivity contribution in [1.82, 2.24) is 0 Å². The van der Waals surface area contributed by atoms with Crippen molar-refractivity contribution in [2.24, 2.45) is 5.92 Å². The van der Waals surface area contributed by atoms with Crippen LogP contribution in [0.4, 0.5) is 0 Å². The molecule has 3 nitrogen and oxygen atoms in total. The second-order valence-electron chi connectivity index (χ2n) is 4.71. The molecule has 0 aliphatic carbocycles. The van der Waals surface area contributed by atoms with Gasteiger partial charge in [-0.25, -0.2) is 0 Å². The highest BCUT2D eigenvalue weighted by Crippen LogP contribution is 2.51. The minimum Gasteiger partial charge on any atom is -0.487 e. The van der Waals surface area contributed by atoms with Gasteiger partial charge in [-0.1, -0.05) is 13.8 Å². The van der Waals surface area contributed by atoms with Crippen LogP contribution < -0.4 is 4.74 Å². The zero-order chi connectivity index (χ0) is 11.3. The van der Waals surface area contributed by atoms with E-state index in [1.54, 1.807) is 6.07 Å². The van der Waals surface area contributed by atoms with E-state index in [1.165, 1.54) is 0 Å². The Kier molecular flexibility index (Phi) is 1.95. The average Bonchev–Trinajstić information content (AvgIpc) is 3.07. The first-order valence-electron chi connectivity index (χ1n) is 5.57. The van der Waals surface area contributed by atoms with Crippen molar-refractivity contribution < 1.29 is 9.47 Å². The summed E-state index contributed by atoms with van der Waals surface area (Å²) in [6, 6.07) is 7.68. The van der Waals surface area contributed by atoms with Crippen LogP contribution in [0.1, 0.15) is 31.1 Å². The van der Waals surface area contributed by atoms with Crippen LogP contribution in [0.3, 0.4) is 0 Å². The molecule has 0 bridgehead atoms. The van der Waals surface area contributed by atoms with Crippen LogP contribution in [0.15, 0.2) is 18.2 Å². The number of rotatable bonds is 1. The van der Waals surface area contributed by atoms with E-state index in [9.17, 15) is 0 Å². The number of nitriles is 1. The molecule has 0 aromatic heterocycles. The van der Waals surface area contributed by atoms with E-state index in [2.05, 4.69) is 19.9 Å². The van der Waals surface area contributed by atoms with E-state index < -0.39 is 0 Å². The highest BCUT2D eigenvalue weighted by molar-refractivity contribution is 5.47. The van der Waals surface area contributed by atoms with Crippen LogP contribution in [-0.2, 0) is 4.74 Å². The lowest BCUT2D eigenvalue weighted by Gasteiger charge is -2.25. The van der Waals surface area contributed by atoms with Crippen LogP contribution in [0.5, 0.6) is 5.75 Å². The Bertz CT molecular complexity index is 475. The summed E-state index contributed by atoms with van der Waals surface area (Å²) >= 11 is 0. The van der Waals surface area contributed by atoms with E-state index in [-0.39, 0.29) is 18.3 Å². The molecule has 3 heteroatoms. The molecule has 0 N–H and O–H groups in total. The lowest BCUT2D eigenvalue weighted by molar-refractivity contribution is 0.115. The summed E-state index contributed by atoms with van der Waals surface area (Å²) in [5.74, 6) is 1.32. The van der Waals surface area contributed by atoms with Gasteiger partial charge in [0.25, 0.3) is 0 Å². The first kappa shape index (κ1) is 9.68. The number of hydrogen-bond donors (Lipinski definition) is 0. The highest BCUT2D eigenvalue weighted by atomic mass is 16.6. The first-order valence-corrected chi connectivity index (χ1v) is 5.57. The highest BCUT2D eigenvalue weighted by Gasteiger charge is 2.52. The second kappa shape index (κ2) is 3.23. The molecule has 0 radical (unpaired) electrons. The van der Waals surface area contributed by atoms with E-state index in [1.807, 2.05) is 12.1 Å². The fraction of sp³-hybridized carbons (Fsp3) is 0.462. The maximum atomic E-state index is 8.85. The number of benzene rings is 1. The molecule has 1 fully saturated rings. The molecule has 0 amide bonds. The predicted molar refractivity (Wildman–Crippen MR) is 58.0 cm³/mol. The SMILES string of the molecule is CC(C)[C@H]1Oc2ccc(C#N)cc2[C@@H]2O[C@H]12. The topological polar surface area (TPSA) is 45.5 Å². The Morgan fingerprint density at radius 1 is 1.38 bits per heavy atom. The number of fused-ring (bicyclic) bond motifs is 3. The Morgan fingerprint density at radius 3 is 2.88 bits per heavy atom. The van der Waals surface area contributed by atoms with Crippen LogP contribution in [0, 0.1) is 17.2 Å². The normalized spacial score (nSPS) is 30.0. The summed E-state index contributed by atoms with van der Waals surface area (Å²) in [5, 5.41) is 8.85. The molecule has 82 valence electrons. The van der Waals surface area contributed by atoms with Crippen LogP contribution in [-0.4, -0.2) is 12.2 Å². The summed E-state index contributed by atoms with van der Waals surface area (Å²) < 4.78 is 11.6. The maximum Gasteiger partial charge on any atom is 0.130 e. The first-order chi connectivity index (χ1) is 7.70. The van der Waals surface area contributed by atoms with E-state index in [0.717, 1.165) is 11.3 Å². The van der Waals surface area contributed by atoms with Gasteiger partial charge in [-0.05, 0) is 24.1 Å². The molecule has 1 aromatic carbocycles. The van der Waals surface area contributed by atoms with Gasteiger partial charge in [0.15, 0.2) is 0 Å². The van der Waals surface area contributed by atoms with Crippen molar-refractivity contribution in [3.8, 4) is 11.8 Å². The molecule has 0 saturated carbocycles. The van der Waals surface area contributed by atoms with E-state index in [4.69, 9.17) is 14.7 Å². The minimum absolute atomic E-state index is 0.143. The summed E-state index contributed by atoms with van der Waals surface area (Å²) in [4.78, 5) is 0. The zero-order valence-electron chi connectivity index (χ0n) is 9.31. The quantitative estimate of drug-likeness (QED) is 0.676. The third kappa shape index (κ3) is 1.30. The molecular weight excluding hydrogens is 202 g/mol. The molecule has 2 aliphatic rings. The van der Waals surface area contributed by atoms with Crippen LogP contribution in [0.25, 0.3) is 0 Å². The molecule has 0 spiro atoms. The summed E-state index contributed by atoms with van der Waals surface area (Å²) in [7, 11) is 0. The van der Waals surface area contributed by atoms with Gasteiger partial charge in [-0.15, -0.1) is 0 Å². The van der Waals surface area contributed by atoms with Crippen molar-refractivity contribution in [3.05, 3.63) is 29.3 Å². The van der Waals surface area contributed by atoms with Gasteiger partial charge in [-0.3, -0.25) is 0 Å².